The molecule has 0 radical (unpaired) electrons. The number of aliphatic hydroxyl groups is 1. The van der Waals surface area contributed by atoms with Crippen molar-refractivity contribution in [2.45, 2.75) is 122 Å². The van der Waals surface area contributed by atoms with E-state index in [-0.39, 0.29) is 24.0 Å². The Hall–Kier alpha value is -2.12. The van der Waals surface area contributed by atoms with E-state index in [9.17, 15) is 19.8 Å². The normalized spacial score (nSPS) is 23.4. The maximum Gasteiger partial charge on any atom is 0.408 e. The Kier molecular flexibility index (Phi) is 9.33. The van der Waals surface area contributed by atoms with Crippen molar-refractivity contribution in [3.63, 3.8) is 0 Å². The second-order valence-corrected chi connectivity index (χ2v) is 13.3. The van der Waals surface area contributed by atoms with Gasteiger partial charge in [0.05, 0.1) is 17.7 Å². The van der Waals surface area contributed by atoms with Gasteiger partial charge < -0.3 is 15.5 Å². The minimum atomic E-state index is -1.27. The number of β-amino-alcohol motifs (C(OH)–C–C–N with tert-alkyl or cyclic N) is 1. The van der Waals surface area contributed by atoms with Crippen LogP contribution < -0.4 is 5.32 Å². The van der Waals surface area contributed by atoms with E-state index in [1.165, 1.54) is 24.2 Å². The highest BCUT2D eigenvalue weighted by Crippen LogP contribution is 2.37. The van der Waals surface area contributed by atoms with Gasteiger partial charge in [0.15, 0.2) is 0 Å². The van der Waals surface area contributed by atoms with Crippen molar-refractivity contribution in [3.05, 3.63) is 35.9 Å². The first-order chi connectivity index (χ1) is 17.2. The first kappa shape index (κ1) is 29.4. The Morgan fingerprint density at radius 1 is 1.08 bits per heavy atom. The summed E-state index contributed by atoms with van der Waals surface area (Å²) in [5.74, 6) is 0.510. The number of hydrogen-bond acceptors (Lipinski definition) is 4. The van der Waals surface area contributed by atoms with E-state index in [0.29, 0.717) is 25.3 Å². The van der Waals surface area contributed by atoms with Crippen molar-refractivity contribution in [1.29, 1.82) is 0 Å². The highest BCUT2D eigenvalue weighted by Gasteiger charge is 2.51. The highest BCUT2D eigenvalue weighted by molar-refractivity contribution is 5.82. The Morgan fingerprint density at radius 2 is 1.70 bits per heavy atom. The number of amides is 2. The largest absolute Gasteiger partial charge is 0.465 e. The number of nitrogens with one attached hydrogen (secondary N) is 1. The lowest BCUT2D eigenvalue weighted by molar-refractivity contribution is -0.129. The quantitative estimate of drug-likeness (QED) is 0.450. The van der Waals surface area contributed by atoms with E-state index >= 15 is 0 Å². The number of carbonyl (C=O) groups is 2. The zero-order valence-electron chi connectivity index (χ0n) is 23.8. The molecule has 0 aromatic heterocycles. The standard InChI is InChI=1S/C30H49N3O4/c1-28(2,3)31-26(34)24(19-22-13-9-7-10-14-22)32-18-17-30(37,21-32)25(20-23-15-11-8-12-16-23)33(27(35)36)29(4,5)6/h8,11-12,15-16,22,24-25,37H,7,9-10,13-14,17-21H2,1-6H3,(H,31,34)(H,35,36)/t24-,25-,30-/m0/s1. The molecule has 1 aromatic carbocycles. The maximum absolute atomic E-state index is 13.6. The van der Waals surface area contributed by atoms with Crippen molar-refractivity contribution >= 4 is 12.0 Å². The van der Waals surface area contributed by atoms with E-state index in [2.05, 4.69) is 10.2 Å². The number of nitrogens with zero attached hydrogens (tertiary/aromatic N) is 2. The molecule has 1 aromatic rings. The summed E-state index contributed by atoms with van der Waals surface area (Å²) in [6.07, 6.45) is 6.55. The lowest BCUT2D eigenvalue weighted by Gasteiger charge is -2.46. The minimum Gasteiger partial charge on any atom is -0.465 e. The van der Waals surface area contributed by atoms with E-state index in [4.69, 9.17) is 0 Å². The molecule has 2 amide bonds. The molecular weight excluding hydrogens is 466 g/mol. The molecule has 3 N–H and O–H groups in total. The summed E-state index contributed by atoms with van der Waals surface area (Å²) in [5, 5.41) is 25.6. The topological polar surface area (TPSA) is 93.1 Å². The predicted octanol–water partition coefficient (Wildman–Crippen LogP) is 5.07. The summed E-state index contributed by atoms with van der Waals surface area (Å²) in [4.78, 5) is 29.7. The molecule has 0 spiro atoms. The fourth-order valence-electron chi connectivity index (χ4n) is 6.25. The first-order valence-electron chi connectivity index (χ1n) is 14.0. The van der Waals surface area contributed by atoms with E-state index in [1.54, 1.807) is 0 Å². The van der Waals surface area contributed by atoms with Gasteiger partial charge in [0.1, 0.15) is 0 Å². The van der Waals surface area contributed by atoms with Crippen LogP contribution in [0.25, 0.3) is 0 Å². The maximum atomic E-state index is 13.6. The van der Waals surface area contributed by atoms with Crippen LogP contribution in [0, 0.1) is 5.92 Å². The molecule has 7 nitrogen and oxygen atoms in total. The Bertz CT molecular complexity index is 902. The molecule has 3 atom stereocenters. The molecule has 2 fully saturated rings. The fraction of sp³-hybridized carbons (Fsp3) is 0.733. The Balaban J connectivity index is 1.91. The number of benzene rings is 1. The average Bonchev–Trinajstić information content (AvgIpc) is 3.19. The minimum absolute atomic E-state index is 0.00726. The molecule has 1 heterocycles. The lowest BCUT2D eigenvalue weighted by atomic mass is 9.83. The highest BCUT2D eigenvalue weighted by atomic mass is 16.4. The van der Waals surface area contributed by atoms with Gasteiger partial charge in [0.25, 0.3) is 0 Å². The zero-order chi connectivity index (χ0) is 27.4. The molecule has 7 heteroatoms. The third-order valence-corrected chi connectivity index (χ3v) is 7.96. The second kappa shape index (κ2) is 11.7. The van der Waals surface area contributed by atoms with Crippen molar-refractivity contribution in [3.8, 4) is 0 Å². The summed E-state index contributed by atoms with van der Waals surface area (Å²) < 4.78 is 0. The lowest BCUT2D eigenvalue weighted by Crippen LogP contribution is -2.63. The molecule has 1 saturated heterocycles. The molecule has 1 aliphatic carbocycles. The van der Waals surface area contributed by atoms with Gasteiger partial charge >= 0.3 is 6.09 Å². The molecule has 208 valence electrons. The first-order valence-corrected chi connectivity index (χ1v) is 14.0. The molecule has 0 bridgehead atoms. The third-order valence-electron chi connectivity index (χ3n) is 7.96. The Morgan fingerprint density at radius 3 is 2.24 bits per heavy atom. The number of likely N-dealkylation sites (tertiary alicyclic amines) is 1. The van der Waals surface area contributed by atoms with E-state index in [1.807, 2.05) is 71.9 Å². The summed E-state index contributed by atoms with van der Waals surface area (Å²) in [5.41, 5.74) is -1.33. The molecule has 37 heavy (non-hydrogen) atoms. The van der Waals surface area contributed by atoms with Crippen LogP contribution in [0.15, 0.2) is 30.3 Å². The van der Waals surface area contributed by atoms with Crippen molar-refractivity contribution in [2.75, 3.05) is 13.1 Å². The van der Waals surface area contributed by atoms with Crippen LogP contribution in [0.4, 0.5) is 4.79 Å². The van der Waals surface area contributed by atoms with Crippen molar-refractivity contribution in [2.24, 2.45) is 5.92 Å². The monoisotopic (exact) mass is 515 g/mol. The Labute approximate surface area is 223 Å². The summed E-state index contributed by atoms with van der Waals surface area (Å²) in [7, 11) is 0. The predicted molar refractivity (Wildman–Crippen MR) is 148 cm³/mol. The van der Waals surface area contributed by atoms with Gasteiger partial charge in [-0.3, -0.25) is 14.6 Å². The van der Waals surface area contributed by atoms with Gasteiger partial charge in [0.2, 0.25) is 5.91 Å². The van der Waals surface area contributed by atoms with E-state index < -0.39 is 23.3 Å². The van der Waals surface area contributed by atoms with Crippen LogP contribution in [-0.2, 0) is 11.2 Å². The number of carbonyl (C=O) groups excluding carboxylic acids is 1. The fourth-order valence-corrected chi connectivity index (χ4v) is 6.25. The van der Waals surface area contributed by atoms with Crippen LogP contribution in [0.2, 0.25) is 0 Å². The summed E-state index contributed by atoms with van der Waals surface area (Å²) in [6, 6.07) is 8.81. The molecule has 1 aliphatic heterocycles. The van der Waals surface area contributed by atoms with Gasteiger partial charge in [-0.25, -0.2) is 4.79 Å². The summed E-state index contributed by atoms with van der Waals surface area (Å²) in [6.45, 7) is 12.4. The average molecular weight is 516 g/mol. The smallest absolute Gasteiger partial charge is 0.408 e. The number of hydrogen-bond donors (Lipinski definition) is 3. The van der Waals surface area contributed by atoms with Crippen molar-refractivity contribution < 1.29 is 19.8 Å². The number of rotatable bonds is 8. The van der Waals surface area contributed by atoms with Crippen LogP contribution in [0.5, 0.6) is 0 Å². The van der Waals surface area contributed by atoms with Crippen LogP contribution >= 0.6 is 0 Å². The SMILES string of the molecule is CC(C)(C)NC(=O)[C@H](CC1CCCCC1)N1CC[C@@](O)([C@H](Cc2ccccc2)N(C(=O)O)C(C)(C)C)C1. The van der Waals surface area contributed by atoms with E-state index in [0.717, 1.165) is 24.8 Å². The molecular formula is C30H49N3O4. The van der Waals surface area contributed by atoms with Gasteiger partial charge in [-0.2, -0.15) is 0 Å². The zero-order valence-corrected chi connectivity index (χ0v) is 23.8. The van der Waals surface area contributed by atoms with Gasteiger partial charge in [-0.05, 0) is 72.3 Å². The molecule has 0 unspecified atom stereocenters. The van der Waals surface area contributed by atoms with Crippen LogP contribution in [0.3, 0.4) is 0 Å². The third kappa shape index (κ3) is 7.93. The van der Waals surface area contributed by atoms with Crippen LogP contribution in [-0.4, -0.2) is 73.9 Å². The number of carboxylic acid groups (broad SMARTS) is 1. The molecule has 3 rings (SSSR count). The van der Waals surface area contributed by atoms with Crippen molar-refractivity contribution in [1.82, 2.24) is 15.1 Å². The van der Waals surface area contributed by atoms with Crippen LogP contribution in [0.1, 0.15) is 92.1 Å². The second-order valence-electron chi connectivity index (χ2n) is 13.3. The molecule has 1 saturated carbocycles. The molecule has 2 aliphatic rings. The summed E-state index contributed by atoms with van der Waals surface area (Å²) >= 11 is 0. The van der Waals surface area contributed by atoms with Gasteiger partial charge in [-0.15, -0.1) is 0 Å². The van der Waals surface area contributed by atoms with Gasteiger partial charge in [0, 0.05) is 24.2 Å². The van der Waals surface area contributed by atoms with Gasteiger partial charge in [-0.1, -0.05) is 62.4 Å².